The third-order valence-electron chi connectivity index (χ3n) is 8.00. The lowest BCUT2D eigenvalue weighted by molar-refractivity contribution is -0.919. The van der Waals surface area contributed by atoms with Gasteiger partial charge in [-0.2, -0.15) is 4.57 Å². The zero-order valence-electron chi connectivity index (χ0n) is 23.3. The van der Waals surface area contributed by atoms with Crippen LogP contribution in [0.1, 0.15) is 35.5 Å². The standard InChI is InChI=1S/C33H39N3OS/c1-6-36(4,7-2)24-25-16-18-26(19-17-25)31-22-27(23-33-34(3)30-14-10-11-15-32(30)38-33)28-12-8-9-13-29(28)35(31)20-21-37-5/h8-19,22-23H,6-7,20-21,24H2,1-5H3/q+2. The molecule has 1 aromatic heterocycles. The van der Waals surface area contributed by atoms with E-state index in [-0.39, 0.29) is 0 Å². The van der Waals surface area contributed by atoms with Crippen molar-refractivity contribution in [2.24, 2.45) is 7.05 Å². The van der Waals surface area contributed by atoms with Crippen LogP contribution in [-0.4, -0.2) is 44.9 Å². The number of benzene rings is 3. The Morgan fingerprint density at radius 3 is 2.37 bits per heavy atom. The molecule has 5 heteroatoms. The van der Waals surface area contributed by atoms with Crippen molar-refractivity contribution in [1.82, 2.24) is 0 Å². The van der Waals surface area contributed by atoms with Crippen LogP contribution in [0, 0.1) is 0 Å². The number of aromatic nitrogens is 1. The molecule has 0 unspecified atom stereocenters. The second kappa shape index (κ2) is 11.2. The highest BCUT2D eigenvalue weighted by atomic mass is 32.1. The summed E-state index contributed by atoms with van der Waals surface area (Å²) in [7, 11) is 6.27. The molecule has 0 spiro atoms. The Balaban J connectivity index is 1.60. The van der Waals surface area contributed by atoms with Gasteiger partial charge in [0, 0.05) is 48.3 Å². The molecular formula is C33H39N3OS+2. The van der Waals surface area contributed by atoms with Gasteiger partial charge in [0.2, 0.25) is 5.52 Å². The molecule has 3 aromatic carbocycles. The van der Waals surface area contributed by atoms with E-state index in [1.54, 1.807) is 7.11 Å². The topological polar surface area (TPSA) is 16.4 Å². The van der Waals surface area contributed by atoms with Crippen molar-refractivity contribution in [3.63, 3.8) is 0 Å². The molecule has 5 rings (SSSR count). The first-order valence-electron chi connectivity index (χ1n) is 13.6. The van der Waals surface area contributed by atoms with Gasteiger partial charge >= 0.3 is 0 Å². The average Bonchev–Trinajstić information content (AvgIpc) is 3.27. The van der Waals surface area contributed by atoms with Crippen LogP contribution in [0.15, 0.2) is 78.9 Å². The van der Waals surface area contributed by atoms with Gasteiger partial charge in [-0.1, -0.05) is 65.9 Å². The fraction of sp³-hybridized carbons (Fsp3) is 0.303. The Kier molecular flexibility index (Phi) is 7.80. The smallest absolute Gasteiger partial charge is 0.263 e. The van der Waals surface area contributed by atoms with Gasteiger partial charge in [0.1, 0.15) is 18.3 Å². The number of hydrogen-bond acceptors (Lipinski definition) is 3. The van der Waals surface area contributed by atoms with Crippen LogP contribution < -0.4 is 9.47 Å². The number of fused-ring (bicyclic) bond motifs is 2. The number of hydrogen-bond donors (Lipinski definition) is 0. The summed E-state index contributed by atoms with van der Waals surface area (Å²) in [6.45, 7) is 9.34. The zero-order valence-corrected chi connectivity index (χ0v) is 24.1. The molecule has 0 radical (unpaired) electrons. The quantitative estimate of drug-likeness (QED) is 0.177. The third-order valence-corrected chi connectivity index (χ3v) is 9.17. The lowest BCUT2D eigenvalue weighted by Gasteiger charge is -2.34. The highest BCUT2D eigenvalue weighted by molar-refractivity contribution is 7.18. The van der Waals surface area contributed by atoms with Crippen LogP contribution in [0.25, 0.3) is 27.6 Å². The molecule has 0 atom stereocenters. The van der Waals surface area contributed by atoms with Gasteiger partial charge in [-0.3, -0.25) is 0 Å². The monoisotopic (exact) mass is 525 g/mol. The SMILES string of the molecule is CC[N+](C)(CC)Cc1ccc(C2=C/C(=C/c3sc4ccccc4[n+]3C)c3ccccc3N2CCOC)cc1. The van der Waals surface area contributed by atoms with Crippen molar-refractivity contribution in [3.05, 3.63) is 101 Å². The summed E-state index contributed by atoms with van der Waals surface area (Å²) in [6.07, 6.45) is 4.70. The molecule has 0 bridgehead atoms. The summed E-state index contributed by atoms with van der Waals surface area (Å²) in [4.78, 5) is 2.41. The molecule has 0 saturated heterocycles. The predicted molar refractivity (Wildman–Crippen MR) is 162 cm³/mol. The fourth-order valence-electron chi connectivity index (χ4n) is 5.22. The second-order valence-electron chi connectivity index (χ2n) is 10.4. The number of rotatable bonds is 9. The Bertz CT molecular complexity index is 1480. The molecule has 0 saturated carbocycles. The number of quaternary nitrogens is 1. The van der Waals surface area contributed by atoms with Crippen LogP contribution in [0.4, 0.5) is 5.69 Å². The van der Waals surface area contributed by atoms with Crippen LogP contribution in [-0.2, 0) is 18.3 Å². The van der Waals surface area contributed by atoms with Crippen molar-refractivity contribution in [2.45, 2.75) is 20.4 Å². The highest BCUT2D eigenvalue weighted by Gasteiger charge is 2.25. The summed E-state index contributed by atoms with van der Waals surface area (Å²) in [5.74, 6) is 0. The van der Waals surface area contributed by atoms with Crippen molar-refractivity contribution in [3.8, 4) is 0 Å². The largest absolute Gasteiger partial charge is 0.383 e. The number of allylic oxidation sites excluding steroid dienone is 2. The molecule has 0 fully saturated rings. The van der Waals surface area contributed by atoms with Crippen LogP contribution in [0.3, 0.4) is 0 Å². The summed E-state index contributed by atoms with van der Waals surface area (Å²) >= 11 is 1.84. The van der Waals surface area contributed by atoms with Gasteiger partial charge in [0.25, 0.3) is 5.01 Å². The molecular weight excluding hydrogens is 486 g/mol. The van der Waals surface area contributed by atoms with E-state index in [9.17, 15) is 0 Å². The van der Waals surface area contributed by atoms with E-state index in [4.69, 9.17) is 4.74 Å². The van der Waals surface area contributed by atoms with Gasteiger partial charge in [-0.15, -0.1) is 0 Å². The maximum Gasteiger partial charge on any atom is 0.263 e. The number of para-hydroxylation sites is 2. The molecule has 1 aliphatic heterocycles. The minimum Gasteiger partial charge on any atom is -0.383 e. The van der Waals surface area contributed by atoms with Gasteiger partial charge < -0.3 is 14.1 Å². The Hall–Kier alpha value is -3.25. The summed E-state index contributed by atoms with van der Waals surface area (Å²) in [5.41, 5.74) is 8.80. The van der Waals surface area contributed by atoms with Crippen molar-refractivity contribution >= 4 is 44.6 Å². The molecule has 4 nitrogen and oxygen atoms in total. The van der Waals surface area contributed by atoms with Crippen LogP contribution in [0.2, 0.25) is 0 Å². The predicted octanol–water partition coefficient (Wildman–Crippen LogP) is 6.76. The van der Waals surface area contributed by atoms with E-state index in [0.717, 1.165) is 30.7 Å². The number of anilines is 1. The lowest BCUT2D eigenvalue weighted by atomic mass is 9.94. The van der Waals surface area contributed by atoms with E-state index in [1.165, 1.54) is 48.9 Å². The number of methoxy groups -OCH3 is 1. The van der Waals surface area contributed by atoms with Crippen molar-refractivity contribution in [1.29, 1.82) is 0 Å². The molecule has 0 amide bonds. The normalized spacial score (nSPS) is 14.7. The minimum atomic E-state index is 0.664. The summed E-state index contributed by atoms with van der Waals surface area (Å²) < 4.78 is 10.2. The molecule has 4 aromatic rings. The van der Waals surface area contributed by atoms with Crippen molar-refractivity contribution < 1.29 is 13.8 Å². The van der Waals surface area contributed by atoms with E-state index in [0.29, 0.717) is 6.61 Å². The van der Waals surface area contributed by atoms with Gasteiger partial charge in [0.15, 0.2) is 0 Å². The van der Waals surface area contributed by atoms with Crippen molar-refractivity contribution in [2.75, 3.05) is 45.3 Å². The second-order valence-corrected chi connectivity index (χ2v) is 11.4. The average molecular weight is 526 g/mol. The Labute approximate surface area is 231 Å². The lowest BCUT2D eigenvalue weighted by Crippen LogP contribution is -2.42. The van der Waals surface area contributed by atoms with E-state index < -0.39 is 0 Å². The molecule has 2 heterocycles. The Morgan fingerprint density at radius 1 is 0.947 bits per heavy atom. The minimum absolute atomic E-state index is 0.664. The van der Waals surface area contributed by atoms with Gasteiger partial charge in [-0.25, -0.2) is 0 Å². The van der Waals surface area contributed by atoms with Crippen LogP contribution >= 0.6 is 11.3 Å². The van der Waals surface area contributed by atoms with E-state index in [2.05, 4.69) is 122 Å². The third kappa shape index (κ3) is 5.19. The fourth-order valence-corrected chi connectivity index (χ4v) is 6.32. The van der Waals surface area contributed by atoms with E-state index in [1.807, 2.05) is 11.3 Å². The highest BCUT2D eigenvalue weighted by Crippen LogP contribution is 2.41. The molecule has 1 aliphatic rings. The summed E-state index contributed by atoms with van der Waals surface area (Å²) in [6, 6.07) is 26.6. The number of thiazole rings is 1. The maximum atomic E-state index is 5.53. The first kappa shape index (κ1) is 26.4. The molecule has 196 valence electrons. The Morgan fingerprint density at radius 2 is 1.66 bits per heavy atom. The zero-order chi connectivity index (χ0) is 26.7. The molecule has 0 aliphatic carbocycles. The number of aryl methyl sites for hydroxylation is 1. The summed E-state index contributed by atoms with van der Waals surface area (Å²) in [5, 5.41) is 1.24. The maximum absolute atomic E-state index is 5.53. The number of nitrogens with zero attached hydrogens (tertiary/aromatic N) is 3. The first-order valence-corrected chi connectivity index (χ1v) is 14.4. The number of ether oxygens (including phenoxy) is 1. The first-order chi connectivity index (χ1) is 18.5. The molecule has 38 heavy (non-hydrogen) atoms. The van der Waals surface area contributed by atoms with Crippen LogP contribution in [0.5, 0.6) is 0 Å². The van der Waals surface area contributed by atoms with Gasteiger partial charge in [-0.05, 0) is 43.2 Å². The van der Waals surface area contributed by atoms with Gasteiger partial charge in [0.05, 0.1) is 26.7 Å². The molecule has 0 N–H and O–H groups in total. The van der Waals surface area contributed by atoms with E-state index >= 15 is 0 Å².